The minimum Gasteiger partial charge on any atom is -0.353 e. The highest BCUT2D eigenvalue weighted by Gasteiger charge is 2.31. The maximum absolute atomic E-state index is 13.1. The normalized spacial score (nSPS) is 19.7. The predicted octanol–water partition coefficient (Wildman–Crippen LogP) is 5.04. The number of anilines is 1. The van der Waals surface area contributed by atoms with Crippen LogP contribution in [0.3, 0.4) is 0 Å². The number of rotatable bonds is 5. The summed E-state index contributed by atoms with van der Waals surface area (Å²) in [4.78, 5) is 15.1. The van der Waals surface area contributed by atoms with Gasteiger partial charge in [0.05, 0.1) is 10.3 Å². The van der Waals surface area contributed by atoms with Crippen molar-refractivity contribution in [2.75, 3.05) is 31.1 Å². The van der Waals surface area contributed by atoms with Crippen LogP contribution in [0.25, 0.3) is 10.2 Å². The Kier molecular flexibility index (Phi) is 6.50. The molecule has 176 valence electrons. The molecule has 0 unspecified atom stereocenters. The number of thiophene rings is 1. The first-order chi connectivity index (χ1) is 15.9. The van der Waals surface area contributed by atoms with Gasteiger partial charge in [0, 0.05) is 41.9 Å². The minimum atomic E-state index is -3.50. The highest BCUT2D eigenvalue weighted by molar-refractivity contribution is 9.10. The fraction of sp³-hybridized carbons (Fsp3) is 0.500. The quantitative estimate of drug-likeness (QED) is 0.446. The van der Waals surface area contributed by atoms with Gasteiger partial charge in [-0.1, -0.05) is 29.8 Å². The summed E-state index contributed by atoms with van der Waals surface area (Å²) in [6, 6.07) is 6.87. The third kappa shape index (κ3) is 4.45. The SMILES string of the molecule is CCCc1nc(N2CCN(S(=O)(=O)c3ccc(Br)cc3)CC2)c2c3c(sc2n1)C[C@H](C)CC3. The Morgan fingerprint density at radius 2 is 1.85 bits per heavy atom. The van der Waals surface area contributed by atoms with Crippen LogP contribution >= 0.6 is 27.3 Å². The first-order valence-electron chi connectivity index (χ1n) is 11.7. The van der Waals surface area contributed by atoms with Gasteiger partial charge < -0.3 is 4.90 Å². The zero-order valence-electron chi connectivity index (χ0n) is 19.1. The van der Waals surface area contributed by atoms with Crippen molar-refractivity contribution in [1.29, 1.82) is 0 Å². The Bertz CT molecular complexity index is 1270. The largest absolute Gasteiger partial charge is 0.353 e. The maximum Gasteiger partial charge on any atom is 0.243 e. The number of halogens is 1. The summed E-state index contributed by atoms with van der Waals surface area (Å²) < 4.78 is 28.8. The summed E-state index contributed by atoms with van der Waals surface area (Å²) in [6.07, 6.45) is 5.27. The lowest BCUT2D eigenvalue weighted by Gasteiger charge is -2.35. The number of aryl methyl sites for hydroxylation is 2. The molecule has 0 saturated carbocycles. The predicted molar refractivity (Wildman–Crippen MR) is 138 cm³/mol. The smallest absolute Gasteiger partial charge is 0.243 e. The van der Waals surface area contributed by atoms with Gasteiger partial charge in [0.2, 0.25) is 10.0 Å². The number of benzene rings is 1. The molecule has 3 aromatic rings. The Hall–Kier alpha value is -1.55. The molecular weight excluding hydrogens is 520 g/mol. The van der Waals surface area contributed by atoms with Crippen molar-refractivity contribution in [2.45, 2.75) is 50.8 Å². The van der Waals surface area contributed by atoms with Crippen LogP contribution in [0.5, 0.6) is 0 Å². The lowest BCUT2D eigenvalue weighted by Crippen LogP contribution is -2.49. The van der Waals surface area contributed by atoms with Crippen LogP contribution in [0.4, 0.5) is 5.82 Å². The van der Waals surface area contributed by atoms with E-state index in [9.17, 15) is 8.42 Å². The topological polar surface area (TPSA) is 66.4 Å². The van der Waals surface area contributed by atoms with Crippen molar-refractivity contribution < 1.29 is 8.42 Å². The van der Waals surface area contributed by atoms with Crippen LogP contribution in [-0.2, 0) is 29.3 Å². The van der Waals surface area contributed by atoms with Crippen molar-refractivity contribution in [3.63, 3.8) is 0 Å². The second-order valence-electron chi connectivity index (χ2n) is 9.09. The lowest BCUT2D eigenvalue weighted by atomic mass is 9.89. The van der Waals surface area contributed by atoms with Gasteiger partial charge >= 0.3 is 0 Å². The van der Waals surface area contributed by atoms with Crippen LogP contribution < -0.4 is 4.90 Å². The third-order valence-corrected chi connectivity index (χ3v) is 10.2. The van der Waals surface area contributed by atoms with Gasteiger partial charge in [0.25, 0.3) is 0 Å². The number of sulfonamides is 1. The van der Waals surface area contributed by atoms with Crippen LogP contribution in [0.15, 0.2) is 33.6 Å². The first kappa shape index (κ1) is 23.2. The summed E-state index contributed by atoms with van der Waals surface area (Å²) >= 11 is 5.22. The molecule has 1 aromatic carbocycles. The first-order valence-corrected chi connectivity index (χ1v) is 14.7. The second-order valence-corrected chi connectivity index (χ2v) is 13.0. The van der Waals surface area contributed by atoms with Crippen LogP contribution in [0.2, 0.25) is 0 Å². The lowest BCUT2D eigenvalue weighted by molar-refractivity contribution is 0.384. The maximum atomic E-state index is 13.1. The van der Waals surface area contributed by atoms with E-state index in [2.05, 4.69) is 34.7 Å². The van der Waals surface area contributed by atoms with Crippen molar-refractivity contribution in [1.82, 2.24) is 14.3 Å². The molecule has 1 saturated heterocycles. The molecule has 33 heavy (non-hydrogen) atoms. The highest BCUT2D eigenvalue weighted by Crippen LogP contribution is 2.41. The van der Waals surface area contributed by atoms with Gasteiger partial charge in [0.15, 0.2) is 0 Å². The van der Waals surface area contributed by atoms with Crippen molar-refractivity contribution >= 4 is 53.3 Å². The Morgan fingerprint density at radius 3 is 2.55 bits per heavy atom. The molecule has 1 fully saturated rings. The average molecular weight is 550 g/mol. The molecule has 0 spiro atoms. The van der Waals surface area contributed by atoms with E-state index in [-0.39, 0.29) is 0 Å². The van der Waals surface area contributed by atoms with Gasteiger partial charge in [-0.15, -0.1) is 11.3 Å². The summed E-state index contributed by atoms with van der Waals surface area (Å²) in [5.41, 5.74) is 1.43. The average Bonchev–Trinajstić information content (AvgIpc) is 3.16. The van der Waals surface area contributed by atoms with E-state index in [1.807, 2.05) is 11.3 Å². The van der Waals surface area contributed by atoms with Gasteiger partial charge in [-0.05, 0) is 61.4 Å². The Balaban J connectivity index is 1.45. The summed E-state index contributed by atoms with van der Waals surface area (Å²) in [5, 5.41) is 1.21. The minimum absolute atomic E-state index is 0.342. The molecule has 6 nitrogen and oxygen atoms in total. The second kappa shape index (κ2) is 9.24. The molecule has 1 atom stereocenters. The van der Waals surface area contributed by atoms with Gasteiger partial charge in [-0.2, -0.15) is 4.31 Å². The van der Waals surface area contributed by atoms with E-state index < -0.39 is 10.0 Å². The monoisotopic (exact) mass is 548 g/mol. The Morgan fingerprint density at radius 1 is 1.12 bits per heavy atom. The van der Waals surface area contributed by atoms with Gasteiger partial charge in [-0.3, -0.25) is 0 Å². The molecule has 2 aromatic heterocycles. The van der Waals surface area contributed by atoms with Crippen molar-refractivity contribution in [3.8, 4) is 0 Å². The highest BCUT2D eigenvalue weighted by atomic mass is 79.9. The fourth-order valence-electron chi connectivity index (χ4n) is 4.83. The fourth-order valence-corrected chi connectivity index (χ4v) is 7.91. The molecule has 0 radical (unpaired) electrons. The molecule has 5 rings (SSSR count). The van der Waals surface area contributed by atoms with E-state index in [0.717, 1.165) is 46.6 Å². The van der Waals surface area contributed by atoms with E-state index >= 15 is 0 Å². The molecular formula is C24H29BrN4O2S2. The standard InChI is InChI=1S/C24H29BrN4O2S2/c1-3-4-21-26-23(22-19-10-5-16(2)15-20(19)32-24(22)27-21)28-11-13-29(14-12-28)33(30,31)18-8-6-17(25)7-9-18/h6-9,16H,3-5,10-15H2,1-2H3/t16-/m1/s1. The third-order valence-electron chi connectivity index (χ3n) is 6.65. The zero-order valence-corrected chi connectivity index (χ0v) is 22.3. The van der Waals surface area contributed by atoms with Gasteiger partial charge in [0.1, 0.15) is 16.5 Å². The molecule has 3 heterocycles. The van der Waals surface area contributed by atoms with E-state index in [4.69, 9.17) is 9.97 Å². The van der Waals surface area contributed by atoms with Crippen LogP contribution in [0, 0.1) is 5.92 Å². The number of aromatic nitrogens is 2. The van der Waals surface area contributed by atoms with E-state index in [1.165, 1.54) is 22.2 Å². The summed E-state index contributed by atoms with van der Waals surface area (Å²) in [5.74, 6) is 2.62. The number of piperazine rings is 1. The number of fused-ring (bicyclic) bond motifs is 3. The number of hydrogen-bond donors (Lipinski definition) is 0. The molecule has 0 bridgehead atoms. The summed E-state index contributed by atoms with van der Waals surface area (Å²) in [7, 11) is -3.50. The molecule has 9 heteroatoms. The van der Waals surface area contributed by atoms with E-state index in [1.54, 1.807) is 28.6 Å². The summed E-state index contributed by atoms with van der Waals surface area (Å²) in [6.45, 7) is 6.66. The van der Waals surface area contributed by atoms with Crippen molar-refractivity contribution in [2.24, 2.45) is 5.92 Å². The van der Waals surface area contributed by atoms with Crippen LogP contribution in [0.1, 0.15) is 43.0 Å². The molecule has 2 aliphatic rings. The van der Waals surface area contributed by atoms with E-state index in [0.29, 0.717) is 37.0 Å². The molecule has 1 aliphatic heterocycles. The van der Waals surface area contributed by atoms with Crippen LogP contribution in [-0.4, -0.2) is 48.9 Å². The zero-order chi connectivity index (χ0) is 23.2. The molecule has 1 aliphatic carbocycles. The number of hydrogen-bond acceptors (Lipinski definition) is 6. The molecule has 0 N–H and O–H groups in total. The molecule has 0 amide bonds. The number of nitrogens with zero attached hydrogens (tertiary/aromatic N) is 4. The Labute approximate surface area is 208 Å². The van der Waals surface area contributed by atoms with Gasteiger partial charge in [-0.25, -0.2) is 18.4 Å². The van der Waals surface area contributed by atoms with Crippen molar-refractivity contribution in [3.05, 3.63) is 45.0 Å².